The van der Waals surface area contributed by atoms with Crippen LogP contribution < -0.4 is 16.0 Å². The first-order valence-corrected chi connectivity index (χ1v) is 10.2. The van der Waals surface area contributed by atoms with Gasteiger partial charge in [-0.15, -0.1) is 0 Å². The third-order valence-corrected chi connectivity index (χ3v) is 5.37. The van der Waals surface area contributed by atoms with Crippen LogP contribution in [0.3, 0.4) is 0 Å². The molecule has 2 aromatic rings. The number of hydrogen-bond donors (Lipinski definition) is 6. The van der Waals surface area contributed by atoms with E-state index in [1.165, 1.54) is 0 Å². The number of fused-ring (bicyclic) bond motifs is 1. The molecule has 6 N–H and O–H groups in total. The lowest BCUT2D eigenvalue weighted by Gasteiger charge is -2.22. The van der Waals surface area contributed by atoms with E-state index in [1.54, 1.807) is 6.20 Å². The Labute approximate surface area is 178 Å². The second-order valence-electron chi connectivity index (χ2n) is 7.61. The summed E-state index contributed by atoms with van der Waals surface area (Å²) in [6.45, 7) is 0.716. The quantitative estimate of drug-likeness (QED) is 0.318. The van der Waals surface area contributed by atoms with Gasteiger partial charge in [-0.2, -0.15) is 0 Å². The topological polar surface area (TPSA) is 161 Å². The van der Waals surface area contributed by atoms with Crippen molar-refractivity contribution in [1.82, 2.24) is 20.9 Å². The van der Waals surface area contributed by atoms with Crippen molar-refractivity contribution in [3.8, 4) is 0 Å². The van der Waals surface area contributed by atoms with E-state index >= 15 is 0 Å². The standard InChI is InChI=1S/C21H26N4O6/c26-18(27)8-7-16(21(30)31)24-20(29)17(25-19(28)15-6-3-9-22-15)10-12-11-23-14-5-2-1-4-13(12)14/h1-2,4-5,11,15-17,22-23H,3,6-10H2,(H,24,29)(H,25,28)(H,26,27)(H,30,31). The van der Waals surface area contributed by atoms with E-state index < -0.39 is 42.4 Å². The highest BCUT2D eigenvalue weighted by Gasteiger charge is 2.30. The number of benzene rings is 1. The zero-order chi connectivity index (χ0) is 22.4. The van der Waals surface area contributed by atoms with Crippen molar-refractivity contribution < 1.29 is 29.4 Å². The smallest absolute Gasteiger partial charge is 0.326 e. The Morgan fingerprint density at radius 2 is 1.87 bits per heavy atom. The van der Waals surface area contributed by atoms with E-state index in [2.05, 4.69) is 20.9 Å². The molecular formula is C21H26N4O6. The number of H-pyrrole nitrogens is 1. The summed E-state index contributed by atoms with van der Waals surface area (Å²) in [6, 6.07) is 4.74. The van der Waals surface area contributed by atoms with Gasteiger partial charge in [0.15, 0.2) is 0 Å². The van der Waals surface area contributed by atoms with Gasteiger partial charge in [-0.25, -0.2) is 4.79 Å². The summed E-state index contributed by atoms with van der Waals surface area (Å²) in [5, 5.41) is 27.3. The first kappa shape index (κ1) is 22.3. The summed E-state index contributed by atoms with van der Waals surface area (Å²) in [6.07, 6.45) is 2.76. The zero-order valence-electron chi connectivity index (χ0n) is 16.9. The molecule has 1 saturated heterocycles. The Bertz CT molecular complexity index is 966. The van der Waals surface area contributed by atoms with Crippen molar-refractivity contribution in [3.63, 3.8) is 0 Å². The van der Waals surface area contributed by atoms with E-state index in [-0.39, 0.29) is 18.7 Å². The third kappa shape index (κ3) is 5.82. The van der Waals surface area contributed by atoms with Crippen LogP contribution in [-0.4, -0.2) is 63.6 Å². The predicted octanol–water partition coefficient (Wildman–Crippen LogP) is 0.381. The molecule has 10 heteroatoms. The van der Waals surface area contributed by atoms with Gasteiger partial charge in [-0.1, -0.05) is 18.2 Å². The largest absolute Gasteiger partial charge is 0.481 e. The van der Waals surface area contributed by atoms with E-state index in [0.717, 1.165) is 22.9 Å². The third-order valence-electron chi connectivity index (χ3n) is 5.37. The van der Waals surface area contributed by atoms with Crippen LogP contribution >= 0.6 is 0 Å². The summed E-state index contributed by atoms with van der Waals surface area (Å²) in [5.41, 5.74) is 1.68. The molecule has 1 aliphatic rings. The molecule has 166 valence electrons. The summed E-state index contributed by atoms with van der Waals surface area (Å²) in [5.74, 6) is -3.48. The minimum Gasteiger partial charge on any atom is -0.481 e. The number of aromatic amines is 1. The monoisotopic (exact) mass is 430 g/mol. The van der Waals surface area contributed by atoms with Crippen molar-refractivity contribution in [2.45, 2.75) is 50.2 Å². The van der Waals surface area contributed by atoms with E-state index in [1.807, 2.05) is 24.3 Å². The Morgan fingerprint density at radius 1 is 1.10 bits per heavy atom. The second kappa shape index (κ2) is 10.1. The SMILES string of the molecule is O=C(O)CCC(NC(=O)C(Cc1c[nH]c2ccccc12)NC(=O)C1CCCN1)C(=O)O. The highest BCUT2D eigenvalue weighted by Crippen LogP contribution is 2.19. The molecule has 1 aliphatic heterocycles. The number of amides is 2. The maximum atomic E-state index is 12.9. The molecule has 3 unspecified atom stereocenters. The van der Waals surface area contributed by atoms with E-state index in [0.29, 0.717) is 13.0 Å². The number of nitrogens with one attached hydrogen (secondary N) is 4. The number of rotatable bonds is 10. The average Bonchev–Trinajstić information content (AvgIpc) is 3.40. The number of carboxylic acids is 2. The lowest BCUT2D eigenvalue weighted by atomic mass is 10.0. The highest BCUT2D eigenvalue weighted by molar-refractivity contribution is 5.93. The van der Waals surface area contributed by atoms with Crippen molar-refractivity contribution in [1.29, 1.82) is 0 Å². The fourth-order valence-corrected chi connectivity index (χ4v) is 3.71. The van der Waals surface area contributed by atoms with E-state index in [9.17, 15) is 24.3 Å². The molecule has 3 atom stereocenters. The van der Waals surface area contributed by atoms with Gasteiger partial charge < -0.3 is 31.1 Å². The minimum absolute atomic E-state index is 0.152. The molecule has 1 fully saturated rings. The van der Waals surface area contributed by atoms with Gasteiger partial charge in [0.05, 0.1) is 6.04 Å². The molecule has 1 aromatic heterocycles. The normalized spacial score (nSPS) is 17.7. The Kier molecular flexibility index (Phi) is 7.24. The van der Waals surface area contributed by atoms with Crippen molar-refractivity contribution in [2.24, 2.45) is 0 Å². The van der Waals surface area contributed by atoms with Gasteiger partial charge in [0.1, 0.15) is 12.1 Å². The molecule has 31 heavy (non-hydrogen) atoms. The highest BCUT2D eigenvalue weighted by atomic mass is 16.4. The minimum atomic E-state index is -1.37. The number of carboxylic acid groups (broad SMARTS) is 2. The molecule has 3 rings (SSSR count). The number of carbonyl (C=O) groups excluding carboxylic acids is 2. The molecule has 0 saturated carbocycles. The number of carbonyl (C=O) groups is 4. The summed E-state index contributed by atoms with van der Waals surface area (Å²) < 4.78 is 0. The molecule has 0 bridgehead atoms. The molecule has 2 heterocycles. The van der Waals surface area contributed by atoms with Crippen LogP contribution in [0.25, 0.3) is 10.9 Å². The number of hydrogen-bond acceptors (Lipinski definition) is 5. The fraction of sp³-hybridized carbons (Fsp3) is 0.429. The first-order valence-electron chi connectivity index (χ1n) is 10.2. The van der Waals surface area contributed by atoms with Gasteiger partial charge in [0.25, 0.3) is 0 Å². The van der Waals surface area contributed by atoms with Crippen LogP contribution in [0.1, 0.15) is 31.2 Å². The van der Waals surface area contributed by atoms with Gasteiger partial charge in [0, 0.05) is 29.9 Å². The summed E-state index contributed by atoms with van der Waals surface area (Å²) in [4.78, 5) is 51.0. The second-order valence-corrected chi connectivity index (χ2v) is 7.61. The van der Waals surface area contributed by atoms with Gasteiger partial charge in [-0.3, -0.25) is 14.4 Å². The van der Waals surface area contributed by atoms with Crippen LogP contribution in [0.2, 0.25) is 0 Å². The predicted molar refractivity (Wildman–Crippen MR) is 111 cm³/mol. The Hall–Kier alpha value is -3.40. The van der Waals surface area contributed by atoms with E-state index in [4.69, 9.17) is 5.11 Å². The molecule has 10 nitrogen and oxygen atoms in total. The van der Waals surface area contributed by atoms with Crippen LogP contribution in [0.5, 0.6) is 0 Å². The Balaban J connectivity index is 1.78. The number of aliphatic carboxylic acids is 2. The summed E-state index contributed by atoms with van der Waals surface area (Å²) in [7, 11) is 0. The van der Waals surface area contributed by atoms with Crippen LogP contribution in [0.4, 0.5) is 0 Å². The molecule has 0 aliphatic carbocycles. The lowest BCUT2D eigenvalue weighted by molar-refractivity contribution is -0.143. The maximum absolute atomic E-state index is 12.9. The first-order chi connectivity index (χ1) is 14.8. The number of aromatic nitrogens is 1. The van der Waals surface area contributed by atoms with Gasteiger partial charge in [0.2, 0.25) is 11.8 Å². The lowest BCUT2D eigenvalue weighted by Crippen LogP contribution is -2.55. The molecular weight excluding hydrogens is 404 g/mol. The van der Waals surface area contributed by atoms with Crippen LogP contribution in [-0.2, 0) is 25.6 Å². The molecule has 0 radical (unpaired) electrons. The van der Waals surface area contributed by atoms with Crippen molar-refractivity contribution >= 4 is 34.7 Å². The van der Waals surface area contributed by atoms with Crippen molar-refractivity contribution in [3.05, 3.63) is 36.0 Å². The average molecular weight is 430 g/mol. The number of para-hydroxylation sites is 1. The van der Waals surface area contributed by atoms with Crippen LogP contribution in [0.15, 0.2) is 30.5 Å². The Morgan fingerprint density at radius 3 is 2.55 bits per heavy atom. The zero-order valence-corrected chi connectivity index (χ0v) is 16.9. The van der Waals surface area contributed by atoms with Crippen molar-refractivity contribution in [2.75, 3.05) is 6.54 Å². The summed E-state index contributed by atoms with van der Waals surface area (Å²) >= 11 is 0. The van der Waals surface area contributed by atoms with Crippen LogP contribution in [0, 0.1) is 0 Å². The molecule has 0 spiro atoms. The maximum Gasteiger partial charge on any atom is 0.326 e. The fourth-order valence-electron chi connectivity index (χ4n) is 3.71. The molecule has 1 aromatic carbocycles. The van der Waals surface area contributed by atoms with Gasteiger partial charge in [-0.05, 0) is 37.4 Å². The van der Waals surface area contributed by atoms with Gasteiger partial charge >= 0.3 is 11.9 Å². The molecule has 2 amide bonds.